The Balaban J connectivity index is 1.78. The van der Waals surface area contributed by atoms with Crippen LogP contribution in [0.1, 0.15) is 35.8 Å². The van der Waals surface area contributed by atoms with E-state index in [1.54, 1.807) is 18.5 Å². The number of aromatic nitrogens is 2. The summed E-state index contributed by atoms with van der Waals surface area (Å²) in [6, 6.07) is 7.27. The summed E-state index contributed by atoms with van der Waals surface area (Å²) in [5.74, 6) is 0.137. The highest BCUT2D eigenvalue weighted by Gasteiger charge is 2.37. The monoisotopic (exact) mass is 409 g/mol. The van der Waals surface area contributed by atoms with Crippen LogP contribution in [-0.4, -0.2) is 44.7 Å². The maximum Gasteiger partial charge on any atom is 0.268 e. The van der Waals surface area contributed by atoms with E-state index in [4.69, 9.17) is 0 Å². The minimum Gasteiger partial charge on any atom is -0.266 e. The Morgan fingerprint density at radius 3 is 2.63 bits per heavy atom. The average molecular weight is 410 g/mol. The van der Waals surface area contributed by atoms with Crippen LogP contribution >= 0.6 is 0 Å². The summed E-state index contributed by atoms with van der Waals surface area (Å²) in [7, 11) is -6.85. The van der Waals surface area contributed by atoms with Crippen molar-refractivity contribution in [2.24, 2.45) is 0 Å². The summed E-state index contributed by atoms with van der Waals surface area (Å²) in [5, 5.41) is 4.42. The number of sulfone groups is 1. The molecular weight excluding hydrogens is 386 g/mol. The second-order valence-electron chi connectivity index (χ2n) is 7.31. The first kappa shape index (κ1) is 18.5. The minimum absolute atomic E-state index is 0.0149. The van der Waals surface area contributed by atoms with Gasteiger partial charge in [-0.25, -0.2) is 16.8 Å². The van der Waals surface area contributed by atoms with Crippen molar-refractivity contribution in [3.05, 3.63) is 41.2 Å². The predicted molar refractivity (Wildman–Crippen MR) is 103 cm³/mol. The lowest BCUT2D eigenvalue weighted by Crippen LogP contribution is -2.36. The number of anilines is 1. The van der Waals surface area contributed by atoms with Gasteiger partial charge in [-0.15, -0.1) is 0 Å². The number of aryl methyl sites for hydroxylation is 2. The molecule has 1 saturated heterocycles. The number of rotatable bonds is 3. The standard InChI is InChI=1S/C18H23N3O4S2/c1-13-18(14(2)21(19-13)16-9-11-26(22,23)12-16)27(24,25)20-10-5-7-15-6-3-4-8-17(15)20/h3-4,6,8,16H,5,7,9-12H2,1-2H3/t16-/m0/s1. The van der Waals surface area contributed by atoms with Crippen LogP contribution in [0.2, 0.25) is 0 Å². The zero-order valence-electron chi connectivity index (χ0n) is 15.4. The maximum absolute atomic E-state index is 13.5. The van der Waals surface area contributed by atoms with E-state index in [0.29, 0.717) is 24.4 Å². The van der Waals surface area contributed by atoms with E-state index in [1.165, 1.54) is 4.31 Å². The number of hydrogen-bond donors (Lipinski definition) is 0. The summed E-state index contributed by atoms with van der Waals surface area (Å²) in [5.41, 5.74) is 2.67. The number of hydrogen-bond acceptors (Lipinski definition) is 5. The molecule has 2 aliphatic rings. The van der Waals surface area contributed by atoms with Gasteiger partial charge in [0.1, 0.15) is 4.90 Å². The molecule has 0 amide bonds. The SMILES string of the molecule is Cc1nn([C@H]2CCS(=O)(=O)C2)c(C)c1S(=O)(=O)N1CCCc2ccccc21. The topological polar surface area (TPSA) is 89.3 Å². The first-order valence-electron chi connectivity index (χ1n) is 9.07. The Morgan fingerprint density at radius 1 is 1.19 bits per heavy atom. The summed E-state index contributed by atoms with van der Waals surface area (Å²) in [6.45, 7) is 3.82. The Bertz CT molecular complexity index is 1100. The van der Waals surface area contributed by atoms with Gasteiger partial charge < -0.3 is 0 Å². The average Bonchev–Trinajstić information content (AvgIpc) is 3.13. The highest BCUT2D eigenvalue weighted by molar-refractivity contribution is 7.93. The normalized spacial score (nSPS) is 22.0. The van der Waals surface area contributed by atoms with Crippen LogP contribution in [0, 0.1) is 13.8 Å². The van der Waals surface area contributed by atoms with Gasteiger partial charge in [-0.2, -0.15) is 5.10 Å². The molecule has 2 aliphatic heterocycles. The zero-order chi connectivity index (χ0) is 19.4. The molecule has 2 aromatic rings. The van der Waals surface area contributed by atoms with E-state index in [-0.39, 0.29) is 22.4 Å². The van der Waals surface area contributed by atoms with Gasteiger partial charge in [0.15, 0.2) is 9.84 Å². The van der Waals surface area contributed by atoms with Gasteiger partial charge in [0.2, 0.25) is 0 Å². The molecule has 0 N–H and O–H groups in total. The van der Waals surface area contributed by atoms with Crippen LogP contribution in [-0.2, 0) is 26.3 Å². The van der Waals surface area contributed by atoms with Crippen molar-refractivity contribution in [1.29, 1.82) is 0 Å². The molecular formula is C18H23N3O4S2. The van der Waals surface area contributed by atoms with Crippen molar-refractivity contribution in [3.63, 3.8) is 0 Å². The molecule has 146 valence electrons. The molecule has 1 aromatic carbocycles. The maximum atomic E-state index is 13.5. The lowest BCUT2D eigenvalue weighted by molar-refractivity contribution is 0.484. The molecule has 0 radical (unpaired) electrons. The number of sulfonamides is 1. The van der Waals surface area contributed by atoms with E-state index in [9.17, 15) is 16.8 Å². The third-order valence-electron chi connectivity index (χ3n) is 5.43. The molecule has 1 atom stereocenters. The Kier molecular flexibility index (Phi) is 4.34. The highest BCUT2D eigenvalue weighted by Crippen LogP contribution is 2.35. The van der Waals surface area contributed by atoms with Crippen LogP contribution < -0.4 is 4.31 Å². The van der Waals surface area contributed by atoms with Crippen LogP contribution in [0.25, 0.3) is 0 Å². The summed E-state index contributed by atoms with van der Waals surface area (Å²) < 4.78 is 53.7. The highest BCUT2D eigenvalue weighted by atomic mass is 32.2. The molecule has 0 spiro atoms. The quantitative estimate of drug-likeness (QED) is 0.774. The van der Waals surface area contributed by atoms with Gasteiger partial charge in [-0.1, -0.05) is 18.2 Å². The Hall–Kier alpha value is -1.87. The molecule has 0 saturated carbocycles. The minimum atomic E-state index is -3.77. The van der Waals surface area contributed by atoms with Gasteiger partial charge in [0, 0.05) is 6.54 Å². The summed E-state index contributed by atoms with van der Waals surface area (Å²) in [6.07, 6.45) is 2.10. The summed E-state index contributed by atoms with van der Waals surface area (Å²) in [4.78, 5) is 0.198. The summed E-state index contributed by atoms with van der Waals surface area (Å²) >= 11 is 0. The largest absolute Gasteiger partial charge is 0.268 e. The van der Waals surface area contributed by atoms with Crippen molar-refractivity contribution in [2.75, 3.05) is 22.4 Å². The van der Waals surface area contributed by atoms with Crippen molar-refractivity contribution >= 4 is 25.5 Å². The predicted octanol–water partition coefficient (Wildman–Crippen LogP) is 2.00. The fourth-order valence-electron chi connectivity index (χ4n) is 4.20. The number of benzene rings is 1. The van der Waals surface area contributed by atoms with Crippen molar-refractivity contribution < 1.29 is 16.8 Å². The van der Waals surface area contributed by atoms with E-state index in [2.05, 4.69) is 5.10 Å². The Labute approximate surface area is 160 Å². The van der Waals surface area contributed by atoms with Gasteiger partial charge in [0.05, 0.1) is 34.6 Å². The van der Waals surface area contributed by atoms with Crippen molar-refractivity contribution in [2.45, 2.75) is 44.0 Å². The van der Waals surface area contributed by atoms with Crippen LogP contribution in [0.5, 0.6) is 0 Å². The third kappa shape index (κ3) is 3.06. The molecule has 1 fully saturated rings. The molecule has 1 aromatic heterocycles. The Morgan fingerprint density at radius 2 is 1.93 bits per heavy atom. The molecule has 27 heavy (non-hydrogen) atoms. The second kappa shape index (κ2) is 6.34. The van der Waals surface area contributed by atoms with Crippen molar-refractivity contribution in [3.8, 4) is 0 Å². The van der Waals surface area contributed by atoms with E-state index in [1.807, 2.05) is 24.3 Å². The number of nitrogens with zero attached hydrogens (tertiary/aromatic N) is 3. The first-order chi connectivity index (χ1) is 12.7. The third-order valence-corrected chi connectivity index (χ3v) is 9.25. The number of fused-ring (bicyclic) bond motifs is 1. The smallest absolute Gasteiger partial charge is 0.266 e. The fraction of sp³-hybridized carbons (Fsp3) is 0.500. The van der Waals surface area contributed by atoms with Crippen LogP contribution in [0.15, 0.2) is 29.2 Å². The van der Waals surface area contributed by atoms with E-state index >= 15 is 0 Å². The molecule has 4 rings (SSSR count). The fourth-order valence-corrected chi connectivity index (χ4v) is 7.80. The van der Waals surface area contributed by atoms with Gasteiger partial charge in [-0.05, 0) is 44.7 Å². The zero-order valence-corrected chi connectivity index (χ0v) is 17.1. The van der Waals surface area contributed by atoms with E-state index < -0.39 is 19.9 Å². The van der Waals surface area contributed by atoms with Crippen LogP contribution in [0.3, 0.4) is 0 Å². The molecule has 0 unspecified atom stereocenters. The first-order valence-corrected chi connectivity index (χ1v) is 12.3. The molecule has 3 heterocycles. The molecule has 9 heteroatoms. The van der Waals surface area contributed by atoms with E-state index in [0.717, 1.165) is 24.1 Å². The van der Waals surface area contributed by atoms with Gasteiger partial charge >= 0.3 is 0 Å². The van der Waals surface area contributed by atoms with Gasteiger partial charge in [0.25, 0.3) is 10.0 Å². The lowest BCUT2D eigenvalue weighted by atomic mass is 10.0. The molecule has 0 bridgehead atoms. The molecule has 0 aliphatic carbocycles. The second-order valence-corrected chi connectivity index (χ2v) is 11.3. The lowest BCUT2D eigenvalue weighted by Gasteiger charge is -2.30. The van der Waals surface area contributed by atoms with Gasteiger partial charge in [-0.3, -0.25) is 8.99 Å². The number of para-hydroxylation sites is 1. The molecule has 7 nitrogen and oxygen atoms in total. The van der Waals surface area contributed by atoms with Crippen molar-refractivity contribution in [1.82, 2.24) is 9.78 Å². The van der Waals surface area contributed by atoms with Crippen LogP contribution in [0.4, 0.5) is 5.69 Å².